The summed E-state index contributed by atoms with van der Waals surface area (Å²) in [5.41, 5.74) is 9.78. The molecule has 1 aromatic carbocycles. The number of fused-ring (bicyclic) bond motifs is 5. The van der Waals surface area contributed by atoms with Crippen molar-refractivity contribution in [3.63, 3.8) is 0 Å². The van der Waals surface area contributed by atoms with Crippen LogP contribution in [0.1, 0.15) is 99.4 Å². The summed E-state index contributed by atoms with van der Waals surface area (Å²) in [5.74, 6) is -0.465. The molecule has 8 rings (SSSR count). The third kappa shape index (κ3) is 6.98. The van der Waals surface area contributed by atoms with Gasteiger partial charge < -0.3 is 30.0 Å². The van der Waals surface area contributed by atoms with Crippen LogP contribution in [0.15, 0.2) is 11.6 Å². The fraction of sp³-hybridized carbons (Fsp3) is 0.595. The van der Waals surface area contributed by atoms with E-state index in [4.69, 9.17) is 29.9 Å². The monoisotopic (exact) mass is 789 g/mol. The summed E-state index contributed by atoms with van der Waals surface area (Å²) in [6.45, 7) is 15.5. The lowest BCUT2D eigenvalue weighted by atomic mass is 9.84. The normalized spacial score (nSPS) is 24.7. The summed E-state index contributed by atoms with van der Waals surface area (Å²) >= 11 is 0.996. The third-order valence-electron chi connectivity index (χ3n) is 12.6. The minimum absolute atomic E-state index is 0.0425. The standard InChI is InChI=1S/C42H53F2N7O4S/c1-6-23(3)32(34-28(14-45)39(46)56-38(34)31(43)7-2)33-29-19-54-20-30(29)35-37(36(33)44)47-41(55-22-42(10-11-42)21-50-12-13-53-18-24(50)4)48-40(35)51-26-8-9-27(51)17-49(16-26)15-25(5)52/h7,24-27,52H,6,8-13,15-22,46H2,1-5H3/b31-7+,32-23?. The first-order chi connectivity index (χ1) is 27.0. The Hall–Kier alpha value is -3.71. The van der Waals surface area contributed by atoms with Crippen LogP contribution in [-0.2, 0) is 22.7 Å². The molecular formula is C42H53F2N7O4S. The van der Waals surface area contributed by atoms with Crippen LogP contribution in [0.25, 0.3) is 22.3 Å². The number of aromatic nitrogens is 2. The Morgan fingerprint density at radius 2 is 1.91 bits per heavy atom. The molecule has 2 bridgehead atoms. The molecular weight excluding hydrogens is 737 g/mol. The van der Waals surface area contributed by atoms with Crippen molar-refractivity contribution in [2.75, 3.05) is 63.2 Å². The zero-order chi connectivity index (χ0) is 39.5. The van der Waals surface area contributed by atoms with E-state index in [9.17, 15) is 10.4 Å². The van der Waals surface area contributed by atoms with Crippen LogP contribution in [0, 0.1) is 22.6 Å². The Labute approximate surface area is 331 Å². The number of aliphatic hydroxyl groups excluding tert-OH is 1. The second-order valence-electron chi connectivity index (χ2n) is 16.5. The number of hydrogen-bond acceptors (Lipinski definition) is 12. The lowest BCUT2D eigenvalue weighted by molar-refractivity contribution is -0.0134. The summed E-state index contributed by atoms with van der Waals surface area (Å²) in [6.07, 6.45) is 5.35. The van der Waals surface area contributed by atoms with Crippen molar-refractivity contribution in [2.45, 2.75) is 104 Å². The smallest absolute Gasteiger partial charge is 0.319 e. The van der Waals surface area contributed by atoms with Gasteiger partial charge in [-0.3, -0.25) is 9.80 Å². The molecule has 300 valence electrons. The van der Waals surface area contributed by atoms with E-state index in [1.54, 1.807) is 6.92 Å². The first-order valence-corrected chi connectivity index (χ1v) is 20.9. The molecule has 1 aliphatic carbocycles. The van der Waals surface area contributed by atoms with Gasteiger partial charge in [-0.25, -0.2) is 8.78 Å². The number of nitrogen functional groups attached to an aromatic ring is 1. The maximum Gasteiger partial charge on any atom is 0.319 e. The highest BCUT2D eigenvalue weighted by Crippen LogP contribution is 2.51. The van der Waals surface area contributed by atoms with E-state index >= 15 is 8.78 Å². The molecule has 3 saturated heterocycles. The molecule has 3 N–H and O–H groups in total. The van der Waals surface area contributed by atoms with Crippen LogP contribution in [0.5, 0.6) is 6.01 Å². The van der Waals surface area contributed by atoms with E-state index in [0.29, 0.717) is 66.7 Å². The number of nitrogens with zero attached hydrogens (tertiary/aromatic N) is 6. The van der Waals surface area contributed by atoms with Crippen molar-refractivity contribution in [3.8, 4) is 12.1 Å². The maximum absolute atomic E-state index is 18.1. The molecule has 4 fully saturated rings. The molecule has 5 aliphatic rings. The van der Waals surface area contributed by atoms with E-state index in [0.717, 1.165) is 74.3 Å². The van der Waals surface area contributed by atoms with Crippen molar-refractivity contribution >= 4 is 44.5 Å². The molecule has 56 heavy (non-hydrogen) atoms. The Morgan fingerprint density at radius 3 is 2.55 bits per heavy atom. The van der Waals surface area contributed by atoms with Gasteiger partial charge >= 0.3 is 6.01 Å². The number of ether oxygens (including phenoxy) is 3. The van der Waals surface area contributed by atoms with Gasteiger partial charge in [0.15, 0.2) is 5.82 Å². The summed E-state index contributed by atoms with van der Waals surface area (Å²) in [5, 5.41) is 21.4. The summed E-state index contributed by atoms with van der Waals surface area (Å²) in [4.78, 5) is 17.4. The second-order valence-corrected chi connectivity index (χ2v) is 17.6. The first kappa shape index (κ1) is 39.1. The van der Waals surface area contributed by atoms with Gasteiger partial charge in [-0.2, -0.15) is 15.2 Å². The fourth-order valence-corrected chi connectivity index (χ4v) is 10.3. The van der Waals surface area contributed by atoms with Crippen molar-refractivity contribution in [2.24, 2.45) is 5.41 Å². The van der Waals surface area contributed by atoms with Gasteiger partial charge in [0.25, 0.3) is 0 Å². The second kappa shape index (κ2) is 15.6. The first-order valence-electron chi connectivity index (χ1n) is 20.1. The molecule has 6 heterocycles. The molecule has 4 aliphatic heterocycles. The largest absolute Gasteiger partial charge is 0.463 e. The van der Waals surface area contributed by atoms with E-state index in [-0.39, 0.29) is 63.2 Å². The molecule has 1 saturated carbocycles. The Morgan fingerprint density at radius 1 is 1.18 bits per heavy atom. The number of anilines is 2. The van der Waals surface area contributed by atoms with Gasteiger partial charge in [-0.1, -0.05) is 18.6 Å². The van der Waals surface area contributed by atoms with Crippen LogP contribution in [0.4, 0.5) is 19.6 Å². The van der Waals surface area contributed by atoms with Crippen molar-refractivity contribution in [1.29, 1.82) is 5.26 Å². The number of rotatable bonds is 12. The number of nitriles is 1. The Bertz CT molecular complexity index is 2110. The molecule has 0 radical (unpaired) electrons. The van der Waals surface area contributed by atoms with Crippen molar-refractivity contribution < 1.29 is 28.1 Å². The van der Waals surface area contributed by atoms with Gasteiger partial charge in [-0.15, -0.1) is 11.3 Å². The number of aliphatic hydroxyl groups is 1. The van der Waals surface area contributed by atoms with Crippen molar-refractivity contribution in [1.82, 2.24) is 19.8 Å². The maximum atomic E-state index is 18.1. The fourth-order valence-electron chi connectivity index (χ4n) is 9.36. The quantitative estimate of drug-likeness (QED) is 0.201. The average Bonchev–Trinajstić information content (AvgIpc) is 3.48. The minimum Gasteiger partial charge on any atom is -0.463 e. The number of halogens is 2. The number of piperazine rings is 1. The number of allylic oxidation sites excluding steroid dienone is 2. The molecule has 0 spiro atoms. The number of β-amino-alcohol motifs (C(OH)–C–C–N with tert-alkyl or cyclic N) is 1. The van der Waals surface area contributed by atoms with E-state index in [2.05, 4.69) is 27.7 Å². The average molecular weight is 790 g/mol. The summed E-state index contributed by atoms with van der Waals surface area (Å²) in [6, 6.07) is 2.85. The lowest BCUT2D eigenvalue weighted by Crippen LogP contribution is -2.55. The van der Waals surface area contributed by atoms with Gasteiger partial charge in [0.1, 0.15) is 28.2 Å². The number of benzene rings is 1. The molecule has 3 aromatic rings. The number of nitrogens with two attached hydrogens (primary N) is 1. The van der Waals surface area contributed by atoms with Crippen LogP contribution in [0.2, 0.25) is 0 Å². The van der Waals surface area contributed by atoms with Gasteiger partial charge in [0, 0.05) is 67.4 Å². The Kier molecular flexibility index (Phi) is 10.9. The Balaban J connectivity index is 1.30. The molecule has 2 aromatic heterocycles. The van der Waals surface area contributed by atoms with Crippen LogP contribution in [0.3, 0.4) is 0 Å². The van der Waals surface area contributed by atoms with Crippen LogP contribution < -0.4 is 15.4 Å². The molecule has 0 amide bonds. The van der Waals surface area contributed by atoms with E-state index in [1.807, 2.05) is 20.8 Å². The molecule has 4 unspecified atom stereocenters. The van der Waals surface area contributed by atoms with Crippen molar-refractivity contribution in [3.05, 3.63) is 50.2 Å². The number of likely N-dealkylation sites (tertiary alicyclic amines) is 1. The molecule has 11 nitrogen and oxygen atoms in total. The highest BCUT2D eigenvalue weighted by molar-refractivity contribution is 7.17. The molecule has 14 heteroatoms. The summed E-state index contributed by atoms with van der Waals surface area (Å²) in [7, 11) is 0. The predicted molar refractivity (Wildman–Crippen MR) is 215 cm³/mol. The molecule has 4 atom stereocenters. The summed E-state index contributed by atoms with van der Waals surface area (Å²) < 4.78 is 52.1. The van der Waals surface area contributed by atoms with Gasteiger partial charge in [0.2, 0.25) is 0 Å². The highest BCUT2D eigenvalue weighted by atomic mass is 32.1. The number of thiophene rings is 1. The van der Waals surface area contributed by atoms with E-state index in [1.165, 1.54) is 6.08 Å². The predicted octanol–water partition coefficient (Wildman–Crippen LogP) is 6.79. The SMILES string of the molecule is C/C=C(/F)c1sc(N)c(C#N)c1C(=C(C)CC)c1c2c(c3c(N4C5CCC4CN(CC(C)O)C5)nc(OCC4(CN5CCOCC5C)CC4)nc3c1F)COC2. The topological polar surface area (TPSA) is 133 Å². The highest BCUT2D eigenvalue weighted by Gasteiger charge is 2.47. The van der Waals surface area contributed by atoms with Gasteiger partial charge in [0.05, 0.1) is 55.0 Å². The zero-order valence-corrected chi connectivity index (χ0v) is 33.9. The van der Waals surface area contributed by atoms with Crippen LogP contribution in [-0.4, -0.2) is 102 Å². The van der Waals surface area contributed by atoms with E-state index < -0.39 is 17.7 Å². The lowest BCUT2D eigenvalue weighted by Gasteiger charge is -2.42. The van der Waals surface area contributed by atoms with Gasteiger partial charge in [-0.05, 0) is 76.5 Å². The minimum atomic E-state index is -0.579. The van der Waals surface area contributed by atoms with Crippen LogP contribution >= 0.6 is 11.3 Å². The zero-order valence-electron chi connectivity index (χ0n) is 33.1. The third-order valence-corrected chi connectivity index (χ3v) is 13.6. The number of hydrogen-bond donors (Lipinski definition) is 2. The number of morpholine rings is 1.